The van der Waals surface area contributed by atoms with E-state index in [1.54, 1.807) is 6.92 Å². The summed E-state index contributed by atoms with van der Waals surface area (Å²) in [5.74, 6) is -0.238. The molecular weight excluding hydrogens is 246 g/mol. The highest BCUT2D eigenvalue weighted by Gasteiger charge is 2.10. The van der Waals surface area contributed by atoms with Crippen LogP contribution in [0.15, 0.2) is 16.6 Å². The molecule has 0 aliphatic rings. The Labute approximate surface area is 83.6 Å². The van der Waals surface area contributed by atoms with Crippen molar-refractivity contribution >= 4 is 27.5 Å². The number of benzene rings is 1. The van der Waals surface area contributed by atoms with Crippen molar-refractivity contribution in [1.82, 2.24) is 0 Å². The Morgan fingerprint density at radius 1 is 1.58 bits per heavy atom. The lowest BCUT2D eigenvalue weighted by Crippen LogP contribution is -1.95. The first-order valence-electron chi connectivity index (χ1n) is 3.43. The monoisotopic (exact) mass is 252 g/mol. The Bertz CT molecular complexity index is 291. The second-order valence-electron chi connectivity index (χ2n) is 2.11. The molecule has 0 radical (unpaired) electrons. The standard InChI is InChI=1S/C8H7BrClFO/c1-2-12-8-6(11)4-3-5(10)7(8)9/h3-4H,2H2,1H3. The molecule has 0 heterocycles. The Kier molecular flexibility index (Phi) is 3.35. The van der Waals surface area contributed by atoms with Crippen molar-refractivity contribution in [2.75, 3.05) is 6.61 Å². The molecule has 12 heavy (non-hydrogen) atoms. The van der Waals surface area contributed by atoms with E-state index < -0.39 is 5.82 Å². The van der Waals surface area contributed by atoms with Crippen LogP contribution in [-0.4, -0.2) is 6.61 Å². The summed E-state index contributed by atoms with van der Waals surface area (Å²) >= 11 is 8.86. The van der Waals surface area contributed by atoms with E-state index in [1.165, 1.54) is 12.1 Å². The van der Waals surface area contributed by atoms with Gasteiger partial charge < -0.3 is 4.74 Å². The average molecular weight is 253 g/mol. The lowest BCUT2D eigenvalue weighted by atomic mass is 10.3. The zero-order valence-electron chi connectivity index (χ0n) is 6.40. The van der Waals surface area contributed by atoms with Crippen LogP contribution in [0.1, 0.15) is 6.92 Å². The minimum atomic E-state index is -0.409. The van der Waals surface area contributed by atoms with E-state index >= 15 is 0 Å². The van der Waals surface area contributed by atoms with Crippen LogP contribution in [0, 0.1) is 5.82 Å². The smallest absolute Gasteiger partial charge is 0.170 e. The zero-order valence-corrected chi connectivity index (χ0v) is 8.75. The number of ether oxygens (including phenoxy) is 1. The van der Waals surface area contributed by atoms with E-state index in [1.807, 2.05) is 0 Å². The maximum Gasteiger partial charge on any atom is 0.170 e. The van der Waals surface area contributed by atoms with Gasteiger partial charge in [0.25, 0.3) is 0 Å². The molecule has 1 aromatic carbocycles. The fraction of sp³-hybridized carbons (Fsp3) is 0.250. The van der Waals surface area contributed by atoms with Crippen molar-refractivity contribution in [2.45, 2.75) is 6.92 Å². The summed E-state index contributed by atoms with van der Waals surface area (Å²) in [4.78, 5) is 0. The molecule has 1 aromatic rings. The van der Waals surface area contributed by atoms with Crippen molar-refractivity contribution < 1.29 is 9.13 Å². The van der Waals surface area contributed by atoms with Gasteiger partial charge in [0, 0.05) is 0 Å². The number of halogens is 3. The van der Waals surface area contributed by atoms with E-state index in [9.17, 15) is 4.39 Å². The third-order valence-electron chi connectivity index (χ3n) is 1.29. The number of hydrogen-bond acceptors (Lipinski definition) is 1. The van der Waals surface area contributed by atoms with Crippen LogP contribution in [0.5, 0.6) is 5.75 Å². The molecule has 0 unspecified atom stereocenters. The van der Waals surface area contributed by atoms with Gasteiger partial charge in [0.1, 0.15) is 0 Å². The number of hydrogen-bond donors (Lipinski definition) is 0. The molecule has 0 aliphatic carbocycles. The fourth-order valence-electron chi connectivity index (χ4n) is 0.785. The first kappa shape index (κ1) is 9.81. The Morgan fingerprint density at radius 2 is 2.25 bits per heavy atom. The summed E-state index contributed by atoms with van der Waals surface area (Å²) in [6, 6.07) is 2.75. The molecule has 0 saturated carbocycles. The third kappa shape index (κ3) is 1.90. The second kappa shape index (κ2) is 4.10. The van der Waals surface area contributed by atoms with E-state index in [0.717, 1.165) is 0 Å². The number of rotatable bonds is 2. The molecule has 1 nitrogen and oxygen atoms in total. The van der Waals surface area contributed by atoms with Crippen LogP contribution in [0.2, 0.25) is 5.02 Å². The van der Waals surface area contributed by atoms with E-state index in [2.05, 4.69) is 15.9 Å². The summed E-state index contributed by atoms with van der Waals surface area (Å²) in [6.07, 6.45) is 0. The molecular formula is C8H7BrClFO. The van der Waals surface area contributed by atoms with Gasteiger partial charge >= 0.3 is 0 Å². The highest BCUT2D eigenvalue weighted by Crippen LogP contribution is 2.34. The van der Waals surface area contributed by atoms with Gasteiger partial charge in [-0.25, -0.2) is 4.39 Å². The first-order valence-corrected chi connectivity index (χ1v) is 4.60. The summed E-state index contributed by atoms with van der Waals surface area (Å²) in [5.41, 5.74) is 0. The lowest BCUT2D eigenvalue weighted by Gasteiger charge is -2.07. The molecule has 0 N–H and O–H groups in total. The normalized spacial score (nSPS) is 10.0. The summed E-state index contributed by atoms with van der Waals surface area (Å²) in [6.45, 7) is 2.20. The maximum atomic E-state index is 13.0. The van der Waals surface area contributed by atoms with Gasteiger partial charge in [-0.3, -0.25) is 0 Å². The van der Waals surface area contributed by atoms with Crippen LogP contribution in [0.3, 0.4) is 0 Å². The highest BCUT2D eigenvalue weighted by molar-refractivity contribution is 9.10. The Morgan fingerprint density at radius 3 is 2.83 bits per heavy atom. The van der Waals surface area contributed by atoms with Gasteiger partial charge in [0.2, 0.25) is 0 Å². The summed E-state index contributed by atoms with van der Waals surface area (Å²) < 4.78 is 18.5. The van der Waals surface area contributed by atoms with Gasteiger partial charge in [-0.1, -0.05) is 11.6 Å². The average Bonchev–Trinajstić information content (AvgIpc) is 2.06. The Balaban J connectivity index is 3.14. The van der Waals surface area contributed by atoms with Crippen molar-refractivity contribution in [3.63, 3.8) is 0 Å². The van der Waals surface area contributed by atoms with Gasteiger partial charge in [0.15, 0.2) is 11.6 Å². The van der Waals surface area contributed by atoms with E-state index in [-0.39, 0.29) is 5.75 Å². The molecule has 4 heteroatoms. The van der Waals surface area contributed by atoms with Gasteiger partial charge in [-0.05, 0) is 35.0 Å². The highest BCUT2D eigenvalue weighted by atomic mass is 79.9. The summed E-state index contributed by atoms with van der Waals surface area (Å²) in [7, 11) is 0. The largest absolute Gasteiger partial charge is 0.490 e. The molecule has 0 aliphatic heterocycles. The topological polar surface area (TPSA) is 9.23 Å². The summed E-state index contributed by atoms with van der Waals surface area (Å²) in [5, 5.41) is 0.444. The predicted molar refractivity (Wildman–Crippen MR) is 50.3 cm³/mol. The molecule has 1 rings (SSSR count). The minimum Gasteiger partial charge on any atom is -0.490 e. The molecule has 0 aromatic heterocycles. The lowest BCUT2D eigenvalue weighted by molar-refractivity contribution is 0.319. The first-order chi connectivity index (χ1) is 5.66. The molecule has 0 atom stereocenters. The minimum absolute atomic E-state index is 0.171. The zero-order chi connectivity index (χ0) is 9.14. The predicted octanol–water partition coefficient (Wildman–Crippen LogP) is 3.64. The van der Waals surface area contributed by atoms with Crippen LogP contribution in [-0.2, 0) is 0 Å². The molecule has 0 saturated heterocycles. The van der Waals surface area contributed by atoms with Crippen molar-refractivity contribution in [2.24, 2.45) is 0 Å². The molecule has 66 valence electrons. The second-order valence-corrected chi connectivity index (χ2v) is 3.31. The molecule has 0 fully saturated rings. The molecule has 0 amide bonds. The molecule has 0 bridgehead atoms. The van der Waals surface area contributed by atoms with Crippen LogP contribution in [0.4, 0.5) is 4.39 Å². The quantitative estimate of drug-likeness (QED) is 0.731. The van der Waals surface area contributed by atoms with Gasteiger partial charge in [-0.15, -0.1) is 0 Å². The maximum absolute atomic E-state index is 13.0. The van der Waals surface area contributed by atoms with Crippen LogP contribution < -0.4 is 4.74 Å². The molecule has 0 spiro atoms. The van der Waals surface area contributed by atoms with Gasteiger partial charge in [0.05, 0.1) is 16.1 Å². The SMILES string of the molecule is CCOc1c(F)ccc(Cl)c1Br. The van der Waals surface area contributed by atoms with Crippen LogP contribution >= 0.6 is 27.5 Å². The fourth-order valence-corrected chi connectivity index (χ4v) is 1.37. The van der Waals surface area contributed by atoms with Gasteiger partial charge in [-0.2, -0.15) is 0 Å². The van der Waals surface area contributed by atoms with Crippen molar-refractivity contribution in [3.05, 3.63) is 27.4 Å². The Hall–Kier alpha value is -0.280. The van der Waals surface area contributed by atoms with E-state index in [0.29, 0.717) is 16.1 Å². The van der Waals surface area contributed by atoms with E-state index in [4.69, 9.17) is 16.3 Å². The van der Waals surface area contributed by atoms with Crippen molar-refractivity contribution in [3.8, 4) is 5.75 Å². The third-order valence-corrected chi connectivity index (χ3v) is 2.62. The van der Waals surface area contributed by atoms with Crippen molar-refractivity contribution in [1.29, 1.82) is 0 Å². The van der Waals surface area contributed by atoms with Crippen LogP contribution in [0.25, 0.3) is 0 Å².